The predicted octanol–water partition coefficient (Wildman–Crippen LogP) is 6.50. The van der Waals surface area contributed by atoms with E-state index in [4.69, 9.17) is 23.8 Å². The van der Waals surface area contributed by atoms with Crippen molar-refractivity contribution in [3.05, 3.63) is 68.5 Å². The molecule has 30 heavy (non-hydrogen) atoms. The molecule has 1 N–H and O–H groups in total. The Kier molecular flexibility index (Phi) is 8.50. The van der Waals surface area contributed by atoms with Crippen molar-refractivity contribution >= 4 is 79.4 Å². The summed E-state index contributed by atoms with van der Waals surface area (Å²) in [6.07, 6.45) is 4.70. The van der Waals surface area contributed by atoms with Crippen molar-refractivity contribution in [2.75, 3.05) is 11.9 Å². The number of halogens is 2. The Morgan fingerprint density at radius 3 is 2.50 bits per heavy atom. The highest BCUT2D eigenvalue weighted by Crippen LogP contribution is 2.33. The summed E-state index contributed by atoms with van der Waals surface area (Å²) in [5, 5.41) is 3.49. The third kappa shape index (κ3) is 6.67. The third-order valence-corrected chi connectivity index (χ3v) is 6.61. The normalized spacial score (nSPS) is 15.1. The fraction of sp³-hybridized carbons (Fsp3) is 0.227. The van der Waals surface area contributed by atoms with Crippen LogP contribution in [0.2, 0.25) is 5.02 Å². The van der Waals surface area contributed by atoms with E-state index in [-0.39, 0.29) is 11.8 Å². The Morgan fingerprint density at radius 2 is 1.80 bits per heavy atom. The number of unbranched alkanes of at least 4 members (excludes halogenated alkanes) is 2. The second-order valence-corrected chi connectivity index (χ2v) is 9.78. The molecule has 0 spiro atoms. The van der Waals surface area contributed by atoms with Gasteiger partial charge >= 0.3 is 0 Å². The highest BCUT2D eigenvalue weighted by atomic mass is 79.9. The molecular weight excluding hydrogens is 504 g/mol. The number of thioether (sulfide) groups is 1. The van der Waals surface area contributed by atoms with Crippen molar-refractivity contribution in [3.8, 4) is 0 Å². The van der Waals surface area contributed by atoms with Crippen molar-refractivity contribution in [2.24, 2.45) is 0 Å². The van der Waals surface area contributed by atoms with E-state index < -0.39 is 0 Å². The predicted molar refractivity (Wildman–Crippen MR) is 133 cm³/mol. The molecule has 1 aliphatic rings. The van der Waals surface area contributed by atoms with E-state index >= 15 is 0 Å². The number of hydrogen-bond acceptors (Lipinski definition) is 4. The van der Waals surface area contributed by atoms with Crippen molar-refractivity contribution in [3.63, 3.8) is 0 Å². The molecule has 2 aromatic rings. The number of carbonyl (C=O) groups excluding carboxylic acids is 2. The first kappa shape index (κ1) is 23.0. The molecule has 4 nitrogen and oxygen atoms in total. The van der Waals surface area contributed by atoms with Gasteiger partial charge in [0.25, 0.3) is 5.91 Å². The zero-order valence-electron chi connectivity index (χ0n) is 16.1. The smallest absolute Gasteiger partial charge is 0.266 e. The molecule has 1 saturated heterocycles. The quantitative estimate of drug-likeness (QED) is 0.244. The zero-order chi connectivity index (χ0) is 21.5. The number of carbonyl (C=O) groups is 2. The molecule has 3 rings (SSSR count). The van der Waals surface area contributed by atoms with Crippen molar-refractivity contribution in [1.29, 1.82) is 0 Å². The number of rotatable bonds is 8. The Morgan fingerprint density at radius 1 is 1.10 bits per heavy atom. The maximum Gasteiger partial charge on any atom is 0.266 e. The molecule has 156 valence electrons. The first-order chi connectivity index (χ1) is 14.4. The third-order valence-electron chi connectivity index (χ3n) is 4.45. The molecule has 0 saturated carbocycles. The van der Waals surface area contributed by atoms with Gasteiger partial charge in [0.05, 0.1) is 4.91 Å². The summed E-state index contributed by atoms with van der Waals surface area (Å²) in [5.41, 5.74) is 1.70. The lowest BCUT2D eigenvalue weighted by atomic mass is 10.1. The van der Waals surface area contributed by atoms with Crippen LogP contribution < -0.4 is 5.32 Å². The molecule has 1 fully saturated rings. The SMILES string of the molecule is O=C(CCCCCN1C(=O)/C(=C/c2ccc(Br)cc2)SC1=S)Nc1ccc(Cl)cc1. The highest BCUT2D eigenvalue weighted by molar-refractivity contribution is 9.10. The van der Waals surface area contributed by atoms with Crippen LogP contribution >= 0.6 is 51.5 Å². The largest absolute Gasteiger partial charge is 0.326 e. The van der Waals surface area contributed by atoms with E-state index in [1.807, 2.05) is 30.3 Å². The summed E-state index contributed by atoms with van der Waals surface area (Å²) >= 11 is 16.0. The summed E-state index contributed by atoms with van der Waals surface area (Å²) in [6, 6.07) is 14.8. The Labute approximate surface area is 199 Å². The van der Waals surface area contributed by atoms with Gasteiger partial charge in [0.15, 0.2) is 0 Å². The summed E-state index contributed by atoms with van der Waals surface area (Å²) in [4.78, 5) is 27.0. The van der Waals surface area contributed by atoms with Crippen LogP contribution in [0.4, 0.5) is 5.69 Å². The van der Waals surface area contributed by atoms with Gasteiger partial charge in [-0.2, -0.15) is 0 Å². The van der Waals surface area contributed by atoms with Crippen LogP contribution in [0.3, 0.4) is 0 Å². The van der Waals surface area contributed by atoms with Crippen LogP contribution in [0, 0.1) is 0 Å². The molecule has 2 aromatic carbocycles. The highest BCUT2D eigenvalue weighted by Gasteiger charge is 2.31. The first-order valence-electron chi connectivity index (χ1n) is 9.49. The molecule has 0 radical (unpaired) electrons. The maximum atomic E-state index is 12.7. The molecule has 8 heteroatoms. The molecule has 1 heterocycles. The number of hydrogen-bond donors (Lipinski definition) is 1. The van der Waals surface area contributed by atoms with Crippen molar-refractivity contribution < 1.29 is 9.59 Å². The second-order valence-electron chi connectivity index (χ2n) is 6.75. The lowest BCUT2D eigenvalue weighted by Crippen LogP contribution is -2.29. The number of nitrogens with one attached hydrogen (secondary N) is 1. The summed E-state index contributed by atoms with van der Waals surface area (Å²) in [5.74, 6) is -0.0752. The van der Waals surface area contributed by atoms with Crippen LogP contribution in [-0.4, -0.2) is 27.6 Å². The van der Waals surface area contributed by atoms with Gasteiger partial charge in [-0.3, -0.25) is 14.5 Å². The molecule has 0 aromatic heterocycles. The van der Waals surface area contributed by atoms with E-state index in [1.54, 1.807) is 29.2 Å². The van der Waals surface area contributed by atoms with E-state index in [0.29, 0.717) is 27.2 Å². The van der Waals surface area contributed by atoms with E-state index in [0.717, 1.165) is 35.0 Å². The van der Waals surface area contributed by atoms with Crippen LogP contribution in [0.15, 0.2) is 57.9 Å². The summed E-state index contributed by atoms with van der Waals surface area (Å²) in [7, 11) is 0. The molecular formula is C22H20BrClN2O2S2. The van der Waals surface area contributed by atoms with Gasteiger partial charge in [-0.25, -0.2) is 0 Å². The van der Waals surface area contributed by atoms with Gasteiger partial charge in [-0.15, -0.1) is 0 Å². The lowest BCUT2D eigenvalue weighted by molar-refractivity contribution is -0.122. The number of benzene rings is 2. The van der Waals surface area contributed by atoms with E-state index in [9.17, 15) is 9.59 Å². The summed E-state index contributed by atoms with van der Waals surface area (Å²) in [6.45, 7) is 0.571. The average molecular weight is 524 g/mol. The van der Waals surface area contributed by atoms with Crippen LogP contribution in [0.5, 0.6) is 0 Å². The van der Waals surface area contributed by atoms with Gasteiger partial charge in [0.2, 0.25) is 5.91 Å². The zero-order valence-corrected chi connectivity index (χ0v) is 20.0. The summed E-state index contributed by atoms with van der Waals surface area (Å²) < 4.78 is 1.58. The first-order valence-corrected chi connectivity index (χ1v) is 11.9. The number of nitrogens with zero attached hydrogens (tertiary/aromatic N) is 1. The molecule has 0 atom stereocenters. The van der Waals surface area contributed by atoms with Crippen molar-refractivity contribution in [2.45, 2.75) is 25.7 Å². The van der Waals surface area contributed by atoms with Crippen LogP contribution in [0.25, 0.3) is 6.08 Å². The van der Waals surface area contributed by atoms with E-state index in [2.05, 4.69) is 21.2 Å². The Balaban J connectivity index is 1.40. The number of anilines is 1. The molecule has 0 aliphatic carbocycles. The molecule has 1 aliphatic heterocycles. The van der Waals surface area contributed by atoms with Gasteiger partial charge < -0.3 is 5.32 Å². The van der Waals surface area contributed by atoms with E-state index in [1.165, 1.54) is 11.8 Å². The fourth-order valence-corrected chi connectivity index (χ4v) is 4.59. The maximum absolute atomic E-state index is 12.7. The fourth-order valence-electron chi connectivity index (χ4n) is 2.89. The van der Waals surface area contributed by atoms with Crippen LogP contribution in [-0.2, 0) is 9.59 Å². The minimum Gasteiger partial charge on any atom is -0.326 e. The van der Waals surface area contributed by atoms with Gasteiger partial charge in [0, 0.05) is 28.1 Å². The topological polar surface area (TPSA) is 49.4 Å². The molecule has 0 bridgehead atoms. The van der Waals surface area contributed by atoms with Gasteiger partial charge in [-0.1, -0.05) is 70.1 Å². The number of amides is 2. The van der Waals surface area contributed by atoms with Crippen molar-refractivity contribution in [1.82, 2.24) is 4.90 Å². The standard InChI is InChI=1S/C22H20BrClN2O2S2/c23-16-7-5-15(6-8-16)14-19-21(28)26(22(29)30-19)13-3-1-2-4-20(27)25-18-11-9-17(24)10-12-18/h5-12,14H,1-4,13H2,(H,25,27)/b19-14-. The number of thiocarbonyl (C=S) groups is 1. The minimum absolute atomic E-state index is 0.0274. The second kappa shape index (κ2) is 11.1. The van der Waals surface area contributed by atoms with Crippen LogP contribution in [0.1, 0.15) is 31.2 Å². The molecule has 2 amide bonds. The van der Waals surface area contributed by atoms with Gasteiger partial charge in [0.1, 0.15) is 4.32 Å². The Hall–Kier alpha value is -1.67. The monoisotopic (exact) mass is 522 g/mol. The lowest BCUT2D eigenvalue weighted by Gasteiger charge is -2.14. The average Bonchev–Trinajstić information content (AvgIpc) is 2.98. The Bertz CT molecular complexity index is 962. The minimum atomic E-state index is -0.0478. The van der Waals surface area contributed by atoms with Gasteiger partial charge in [-0.05, 0) is 60.9 Å². The molecule has 0 unspecified atom stereocenters.